The summed E-state index contributed by atoms with van der Waals surface area (Å²) in [5.74, 6) is 0. The van der Waals surface area contributed by atoms with Gasteiger partial charge in [-0.2, -0.15) is 0 Å². The smallest absolute Gasteiger partial charge is 0.405 e. The fourth-order valence-electron chi connectivity index (χ4n) is 3.21. The van der Waals surface area contributed by atoms with Crippen molar-refractivity contribution in [1.29, 1.82) is 0 Å². The quantitative estimate of drug-likeness (QED) is 0.871. The standard InChI is InChI=1S/C18H18ClNO2/c1-18(2)10-12-8-7-11(13-5-3-4-6-15(13)19)9-14(12)16(18)22-17(20)21/h3-9,16H,10H2,1-2H3,(H2,20,21). The fourth-order valence-corrected chi connectivity index (χ4v) is 3.45. The topological polar surface area (TPSA) is 52.3 Å². The Morgan fingerprint density at radius 1 is 1.27 bits per heavy atom. The summed E-state index contributed by atoms with van der Waals surface area (Å²) < 4.78 is 5.38. The third-order valence-corrected chi connectivity index (χ3v) is 4.53. The Morgan fingerprint density at radius 3 is 2.68 bits per heavy atom. The molecule has 0 heterocycles. The lowest BCUT2D eigenvalue weighted by molar-refractivity contribution is 0.0392. The largest absolute Gasteiger partial charge is 0.441 e. The van der Waals surface area contributed by atoms with Crippen molar-refractivity contribution in [3.05, 3.63) is 58.6 Å². The van der Waals surface area contributed by atoms with Gasteiger partial charge in [0, 0.05) is 16.0 Å². The van der Waals surface area contributed by atoms with Crippen LogP contribution in [0, 0.1) is 5.41 Å². The molecule has 0 radical (unpaired) electrons. The average molecular weight is 316 g/mol. The van der Waals surface area contributed by atoms with Gasteiger partial charge in [0.2, 0.25) is 0 Å². The number of ether oxygens (including phenoxy) is 1. The van der Waals surface area contributed by atoms with E-state index in [-0.39, 0.29) is 11.5 Å². The summed E-state index contributed by atoms with van der Waals surface area (Å²) >= 11 is 6.28. The highest BCUT2D eigenvalue weighted by molar-refractivity contribution is 6.33. The van der Waals surface area contributed by atoms with Crippen molar-refractivity contribution < 1.29 is 9.53 Å². The molecule has 3 nitrogen and oxygen atoms in total. The van der Waals surface area contributed by atoms with Crippen LogP contribution < -0.4 is 5.73 Å². The molecule has 1 unspecified atom stereocenters. The van der Waals surface area contributed by atoms with Crippen molar-refractivity contribution in [3.8, 4) is 11.1 Å². The van der Waals surface area contributed by atoms with Crippen LogP contribution in [0.3, 0.4) is 0 Å². The molecule has 114 valence electrons. The van der Waals surface area contributed by atoms with Gasteiger partial charge in [0.05, 0.1) is 0 Å². The van der Waals surface area contributed by atoms with Crippen LogP contribution >= 0.6 is 11.6 Å². The molecule has 2 aromatic rings. The van der Waals surface area contributed by atoms with Gasteiger partial charge in [0.15, 0.2) is 0 Å². The Morgan fingerprint density at radius 2 is 2.00 bits per heavy atom. The summed E-state index contributed by atoms with van der Waals surface area (Å²) in [6.45, 7) is 4.16. The van der Waals surface area contributed by atoms with Crippen LogP contribution in [-0.2, 0) is 11.2 Å². The number of halogens is 1. The molecule has 0 aromatic heterocycles. The summed E-state index contributed by atoms with van der Waals surface area (Å²) in [4.78, 5) is 11.2. The van der Waals surface area contributed by atoms with Crippen LogP contribution in [0.25, 0.3) is 11.1 Å². The number of carbonyl (C=O) groups is 1. The minimum atomic E-state index is -0.742. The Bertz CT molecular complexity index is 740. The highest BCUT2D eigenvalue weighted by Crippen LogP contribution is 2.48. The molecule has 3 rings (SSSR count). The molecule has 0 saturated carbocycles. The van der Waals surface area contributed by atoms with Crippen molar-refractivity contribution in [3.63, 3.8) is 0 Å². The van der Waals surface area contributed by atoms with E-state index in [1.165, 1.54) is 5.56 Å². The second-order valence-electron chi connectivity index (χ2n) is 6.38. The number of rotatable bonds is 2. The maximum absolute atomic E-state index is 11.2. The molecule has 1 atom stereocenters. The molecule has 0 fully saturated rings. The molecule has 0 bridgehead atoms. The van der Waals surface area contributed by atoms with Crippen LogP contribution in [0.4, 0.5) is 4.79 Å². The zero-order chi connectivity index (χ0) is 15.9. The van der Waals surface area contributed by atoms with Crippen LogP contribution in [0.5, 0.6) is 0 Å². The van der Waals surface area contributed by atoms with Gasteiger partial charge in [-0.1, -0.05) is 55.8 Å². The molecule has 2 N–H and O–H groups in total. The number of nitrogens with two attached hydrogens (primary N) is 1. The predicted molar refractivity (Wildman–Crippen MR) is 87.8 cm³/mol. The first-order valence-electron chi connectivity index (χ1n) is 7.22. The molecule has 0 aliphatic heterocycles. The lowest BCUT2D eigenvalue weighted by Crippen LogP contribution is -2.25. The van der Waals surface area contributed by atoms with E-state index in [0.717, 1.165) is 23.1 Å². The Balaban J connectivity index is 2.08. The van der Waals surface area contributed by atoms with E-state index in [4.69, 9.17) is 22.1 Å². The maximum atomic E-state index is 11.2. The summed E-state index contributed by atoms with van der Waals surface area (Å²) in [5, 5.41) is 0.701. The van der Waals surface area contributed by atoms with Crippen LogP contribution in [-0.4, -0.2) is 6.09 Å². The van der Waals surface area contributed by atoms with E-state index >= 15 is 0 Å². The van der Waals surface area contributed by atoms with Gasteiger partial charge in [-0.05, 0) is 35.2 Å². The number of primary amides is 1. The average Bonchev–Trinajstić information content (AvgIpc) is 2.69. The molecule has 22 heavy (non-hydrogen) atoms. The SMILES string of the molecule is CC1(C)Cc2ccc(-c3ccccc3Cl)cc2C1OC(N)=O. The number of amides is 1. The van der Waals surface area contributed by atoms with Gasteiger partial charge in [0.1, 0.15) is 6.10 Å². The highest BCUT2D eigenvalue weighted by Gasteiger charge is 2.41. The summed E-state index contributed by atoms with van der Waals surface area (Å²) in [5.41, 5.74) is 9.25. The lowest BCUT2D eigenvalue weighted by atomic mass is 9.87. The third-order valence-electron chi connectivity index (χ3n) is 4.20. The first kappa shape index (κ1) is 14.9. The monoisotopic (exact) mass is 315 g/mol. The highest BCUT2D eigenvalue weighted by atomic mass is 35.5. The van der Waals surface area contributed by atoms with Gasteiger partial charge in [-0.25, -0.2) is 4.79 Å². The van der Waals surface area contributed by atoms with Gasteiger partial charge in [-0.15, -0.1) is 0 Å². The molecule has 0 saturated heterocycles. The van der Waals surface area contributed by atoms with E-state index in [0.29, 0.717) is 5.02 Å². The lowest BCUT2D eigenvalue weighted by Gasteiger charge is -2.26. The Hall–Kier alpha value is -2.00. The number of hydrogen-bond acceptors (Lipinski definition) is 2. The van der Waals surface area contributed by atoms with Crippen molar-refractivity contribution in [2.75, 3.05) is 0 Å². The van der Waals surface area contributed by atoms with E-state index in [1.54, 1.807) is 0 Å². The van der Waals surface area contributed by atoms with Crippen LogP contribution in [0.15, 0.2) is 42.5 Å². The molecule has 4 heteroatoms. The summed E-state index contributed by atoms with van der Waals surface area (Å²) in [6.07, 6.45) is -0.222. The van der Waals surface area contributed by atoms with E-state index in [2.05, 4.69) is 32.0 Å². The molecule has 1 aliphatic rings. The maximum Gasteiger partial charge on any atom is 0.405 e. The number of fused-ring (bicyclic) bond motifs is 1. The minimum Gasteiger partial charge on any atom is -0.441 e. The summed E-state index contributed by atoms with van der Waals surface area (Å²) in [7, 11) is 0. The molecular weight excluding hydrogens is 298 g/mol. The van der Waals surface area contributed by atoms with Gasteiger partial charge < -0.3 is 10.5 Å². The zero-order valence-corrected chi connectivity index (χ0v) is 13.4. The molecule has 2 aromatic carbocycles. The molecular formula is C18H18ClNO2. The van der Waals surface area contributed by atoms with E-state index in [9.17, 15) is 4.79 Å². The van der Waals surface area contributed by atoms with Crippen LogP contribution in [0.2, 0.25) is 5.02 Å². The van der Waals surface area contributed by atoms with E-state index < -0.39 is 6.09 Å². The van der Waals surface area contributed by atoms with Crippen molar-refractivity contribution in [2.24, 2.45) is 11.1 Å². The Labute approximate surface area is 135 Å². The molecule has 1 amide bonds. The number of carbonyl (C=O) groups excluding carboxylic acids is 1. The number of hydrogen-bond donors (Lipinski definition) is 1. The first-order valence-corrected chi connectivity index (χ1v) is 7.60. The fraction of sp³-hybridized carbons (Fsp3) is 0.278. The van der Waals surface area contributed by atoms with Crippen molar-refractivity contribution >= 4 is 17.7 Å². The van der Waals surface area contributed by atoms with Crippen molar-refractivity contribution in [2.45, 2.75) is 26.4 Å². The predicted octanol–water partition coefficient (Wildman–Crippen LogP) is 4.73. The Kier molecular flexibility index (Phi) is 3.61. The van der Waals surface area contributed by atoms with Gasteiger partial charge in [-0.3, -0.25) is 0 Å². The van der Waals surface area contributed by atoms with Crippen LogP contribution in [0.1, 0.15) is 31.1 Å². The first-order chi connectivity index (χ1) is 10.4. The van der Waals surface area contributed by atoms with Gasteiger partial charge in [0.25, 0.3) is 0 Å². The molecule has 1 aliphatic carbocycles. The minimum absolute atomic E-state index is 0.170. The number of benzene rings is 2. The zero-order valence-electron chi connectivity index (χ0n) is 12.6. The normalized spacial score (nSPS) is 18.8. The van der Waals surface area contributed by atoms with E-state index in [1.807, 2.05) is 24.3 Å². The van der Waals surface area contributed by atoms with Gasteiger partial charge >= 0.3 is 6.09 Å². The second kappa shape index (κ2) is 5.33. The summed E-state index contributed by atoms with van der Waals surface area (Å²) in [6, 6.07) is 13.9. The second-order valence-corrected chi connectivity index (χ2v) is 6.78. The third kappa shape index (κ3) is 2.57. The van der Waals surface area contributed by atoms with Crippen molar-refractivity contribution in [1.82, 2.24) is 0 Å². The molecule has 0 spiro atoms.